The smallest absolute Gasteiger partial charge is 0.267 e. The van der Waals surface area contributed by atoms with Gasteiger partial charge in [0, 0.05) is 31.2 Å². The minimum absolute atomic E-state index is 0.00818. The van der Waals surface area contributed by atoms with Crippen LogP contribution in [0.25, 0.3) is 0 Å². The zero-order valence-electron chi connectivity index (χ0n) is 16.2. The molecule has 1 aliphatic heterocycles. The summed E-state index contributed by atoms with van der Waals surface area (Å²) in [6, 6.07) is 10.7. The van der Waals surface area contributed by atoms with E-state index in [1.807, 2.05) is 6.07 Å². The number of amides is 1. The quantitative estimate of drug-likeness (QED) is 0.831. The summed E-state index contributed by atoms with van der Waals surface area (Å²) in [6.45, 7) is 2.95. The fraction of sp³-hybridized carbons (Fsp3) is 0.500. The monoisotopic (exact) mass is 380 g/mol. The number of H-pyrrole nitrogens is 1. The van der Waals surface area contributed by atoms with E-state index >= 15 is 0 Å². The van der Waals surface area contributed by atoms with Crippen molar-refractivity contribution in [1.82, 2.24) is 20.4 Å². The Morgan fingerprint density at radius 1 is 1.11 bits per heavy atom. The SMILES string of the molecule is O=C(Cc1n[nH]c(=O)c2c1CCCC2)NC1CCN(Cc2ccccc2)CC1. The zero-order valence-corrected chi connectivity index (χ0v) is 16.2. The van der Waals surface area contributed by atoms with Crippen LogP contribution in [0.5, 0.6) is 0 Å². The molecule has 0 spiro atoms. The fourth-order valence-corrected chi connectivity index (χ4v) is 4.38. The lowest BCUT2D eigenvalue weighted by molar-refractivity contribution is -0.121. The minimum atomic E-state index is -0.0929. The van der Waals surface area contributed by atoms with Crippen molar-refractivity contribution < 1.29 is 4.79 Å². The van der Waals surface area contributed by atoms with E-state index in [0.717, 1.165) is 75.0 Å². The van der Waals surface area contributed by atoms with Crippen molar-refractivity contribution in [2.24, 2.45) is 0 Å². The van der Waals surface area contributed by atoms with Crippen LogP contribution in [0.2, 0.25) is 0 Å². The van der Waals surface area contributed by atoms with Crippen LogP contribution in [0, 0.1) is 0 Å². The first-order chi connectivity index (χ1) is 13.7. The lowest BCUT2D eigenvalue weighted by Gasteiger charge is -2.32. The van der Waals surface area contributed by atoms with Crippen molar-refractivity contribution in [2.75, 3.05) is 13.1 Å². The maximum Gasteiger partial charge on any atom is 0.267 e. The number of rotatable bonds is 5. The van der Waals surface area contributed by atoms with E-state index in [1.165, 1.54) is 5.56 Å². The first-order valence-corrected chi connectivity index (χ1v) is 10.3. The normalized spacial score (nSPS) is 17.9. The third-order valence-electron chi connectivity index (χ3n) is 5.91. The molecule has 1 saturated heterocycles. The average molecular weight is 380 g/mol. The predicted molar refractivity (Wildman–Crippen MR) is 108 cm³/mol. The Morgan fingerprint density at radius 3 is 2.57 bits per heavy atom. The maximum absolute atomic E-state index is 12.6. The summed E-state index contributed by atoms with van der Waals surface area (Å²) in [4.78, 5) is 27.0. The Morgan fingerprint density at radius 2 is 1.82 bits per heavy atom. The number of hydrogen-bond donors (Lipinski definition) is 2. The largest absolute Gasteiger partial charge is 0.353 e. The van der Waals surface area contributed by atoms with Gasteiger partial charge in [-0.2, -0.15) is 5.10 Å². The number of aromatic amines is 1. The van der Waals surface area contributed by atoms with Crippen LogP contribution in [-0.2, 0) is 30.6 Å². The van der Waals surface area contributed by atoms with Crippen LogP contribution in [0.15, 0.2) is 35.1 Å². The molecule has 148 valence electrons. The third kappa shape index (κ3) is 4.50. The molecule has 2 heterocycles. The molecule has 28 heavy (non-hydrogen) atoms. The van der Waals surface area contributed by atoms with Gasteiger partial charge in [0.05, 0.1) is 12.1 Å². The van der Waals surface area contributed by atoms with Gasteiger partial charge >= 0.3 is 0 Å². The molecule has 0 saturated carbocycles. The molecule has 0 atom stereocenters. The number of aromatic nitrogens is 2. The highest BCUT2D eigenvalue weighted by Crippen LogP contribution is 2.20. The molecule has 6 nitrogen and oxygen atoms in total. The Labute approximate surface area is 165 Å². The Bertz CT molecular complexity index is 870. The maximum atomic E-state index is 12.6. The van der Waals surface area contributed by atoms with E-state index in [-0.39, 0.29) is 23.9 Å². The number of likely N-dealkylation sites (tertiary alicyclic amines) is 1. The highest BCUT2D eigenvalue weighted by Gasteiger charge is 2.23. The average Bonchev–Trinajstić information content (AvgIpc) is 2.73. The summed E-state index contributed by atoms with van der Waals surface area (Å²) in [7, 11) is 0. The topological polar surface area (TPSA) is 78.1 Å². The van der Waals surface area contributed by atoms with Crippen molar-refractivity contribution in [3.8, 4) is 0 Å². The lowest BCUT2D eigenvalue weighted by atomic mass is 9.91. The van der Waals surface area contributed by atoms with Crippen LogP contribution in [0.4, 0.5) is 0 Å². The van der Waals surface area contributed by atoms with Crippen LogP contribution in [-0.4, -0.2) is 40.1 Å². The second kappa shape index (κ2) is 8.69. The van der Waals surface area contributed by atoms with Crippen molar-refractivity contribution in [2.45, 2.75) is 57.5 Å². The van der Waals surface area contributed by atoms with Gasteiger partial charge in [-0.1, -0.05) is 30.3 Å². The van der Waals surface area contributed by atoms with E-state index in [9.17, 15) is 9.59 Å². The molecular weight excluding hydrogens is 352 g/mol. The second-order valence-corrected chi connectivity index (χ2v) is 7.94. The Balaban J connectivity index is 1.29. The van der Waals surface area contributed by atoms with E-state index in [0.29, 0.717) is 0 Å². The van der Waals surface area contributed by atoms with Crippen molar-refractivity contribution in [3.05, 3.63) is 63.1 Å². The van der Waals surface area contributed by atoms with Gasteiger partial charge in [-0.3, -0.25) is 14.5 Å². The molecule has 6 heteroatoms. The molecule has 1 amide bonds. The molecule has 1 aromatic heterocycles. The van der Waals surface area contributed by atoms with Crippen molar-refractivity contribution in [1.29, 1.82) is 0 Å². The molecular formula is C22H28N4O2. The molecule has 0 radical (unpaired) electrons. The van der Waals surface area contributed by atoms with Crippen molar-refractivity contribution in [3.63, 3.8) is 0 Å². The van der Waals surface area contributed by atoms with Gasteiger partial charge in [0.1, 0.15) is 0 Å². The van der Waals surface area contributed by atoms with Gasteiger partial charge in [0.25, 0.3) is 5.56 Å². The van der Waals surface area contributed by atoms with Gasteiger partial charge in [0.15, 0.2) is 0 Å². The molecule has 2 aromatic rings. The number of hydrogen-bond acceptors (Lipinski definition) is 4. The second-order valence-electron chi connectivity index (χ2n) is 7.94. The minimum Gasteiger partial charge on any atom is -0.353 e. The van der Waals surface area contributed by atoms with Gasteiger partial charge in [0.2, 0.25) is 5.91 Å². The van der Waals surface area contributed by atoms with Crippen LogP contribution >= 0.6 is 0 Å². The summed E-state index contributed by atoms with van der Waals surface area (Å²) < 4.78 is 0. The number of benzene rings is 1. The van der Waals surface area contributed by atoms with Gasteiger partial charge in [-0.15, -0.1) is 0 Å². The number of carbonyl (C=O) groups excluding carboxylic acids is 1. The van der Waals surface area contributed by atoms with Gasteiger partial charge in [-0.25, -0.2) is 5.10 Å². The Hall–Kier alpha value is -2.47. The van der Waals surface area contributed by atoms with Crippen LogP contribution in [0.3, 0.4) is 0 Å². The molecule has 1 aromatic carbocycles. The van der Waals surface area contributed by atoms with Gasteiger partial charge < -0.3 is 5.32 Å². The number of fused-ring (bicyclic) bond motifs is 1. The summed E-state index contributed by atoms with van der Waals surface area (Å²) >= 11 is 0. The third-order valence-corrected chi connectivity index (χ3v) is 5.91. The molecule has 0 unspecified atom stereocenters. The molecule has 4 rings (SSSR count). The summed E-state index contributed by atoms with van der Waals surface area (Å²) in [5, 5.41) is 9.93. The molecule has 2 N–H and O–H groups in total. The van der Waals surface area contributed by atoms with Crippen LogP contribution < -0.4 is 10.9 Å². The standard InChI is InChI=1S/C22H28N4O2/c27-21(14-20-18-8-4-5-9-19(18)22(28)25-24-20)23-17-10-12-26(13-11-17)15-16-6-2-1-3-7-16/h1-3,6-7,17H,4-5,8-15H2,(H,23,27)(H,25,28). The van der Waals surface area contributed by atoms with Crippen molar-refractivity contribution >= 4 is 5.91 Å². The van der Waals surface area contributed by atoms with E-state index in [1.54, 1.807) is 0 Å². The number of piperidine rings is 1. The van der Waals surface area contributed by atoms with Crippen LogP contribution in [0.1, 0.15) is 48.1 Å². The van der Waals surface area contributed by atoms with E-state index in [4.69, 9.17) is 0 Å². The first-order valence-electron chi connectivity index (χ1n) is 10.3. The van der Waals surface area contributed by atoms with E-state index < -0.39 is 0 Å². The number of carbonyl (C=O) groups is 1. The summed E-state index contributed by atoms with van der Waals surface area (Å²) in [6.07, 6.45) is 5.93. The molecule has 1 aliphatic carbocycles. The Kier molecular flexibility index (Phi) is 5.86. The number of nitrogens with zero attached hydrogens (tertiary/aromatic N) is 2. The predicted octanol–water partition coefficient (Wildman–Crippen LogP) is 1.97. The first kappa shape index (κ1) is 18.9. The highest BCUT2D eigenvalue weighted by molar-refractivity contribution is 5.78. The summed E-state index contributed by atoms with van der Waals surface area (Å²) in [5.74, 6) is 0.00818. The summed E-state index contributed by atoms with van der Waals surface area (Å²) in [5.41, 5.74) is 3.82. The fourth-order valence-electron chi connectivity index (χ4n) is 4.38. The van der Waals surface area contributed by atoms with E-state index in [2.05, 4.69) is 44.7 Å². The van der Waals surface area contributed by atoms with Gasteiger partial charge in [-0.05, 0) is 49.7 Å². The number of nitrogens with one attached hydrogen (secondary N) is 2. The zero-order chi connectivity index (χ0) is 19.3. The molecule has 2 aliphatic rings. The lowest BCUT2D eigenvalue weighted by Crippen LogP contribution is -2.45. The highest BCUT2D eigenvalue weighted by atomic mass is 16.1. The molecule has 1 fully saturated rings. The molecule has 0 bridgehead atoms.